The van der Waals surface area contributed by atoms with Crippen molar-refractivity contribution in [3.8, 4) is 0 Å². The molecule has 0 spiro atoms. The van der Waals surface area contributed by atoms with Crippen LogP contribution in [0.25, 0.3) is 0 Å². The summed E-state index contributed by atoms with van der Waals surface area (Å²) >= 11 is 0. The largest absolute Gasteiger partial charge is 0.453 e. The Bertz CT molecular complexity index is 1220. The minimum Gasteiger partial charge on any atom is -0.453 e. The highest BCUT2D eigenvalue weighted by Crippen LogP contribution is 2.35. The average molecular weight is 595 g/mol. The zero-order chi connectivity index (χ0) is 30.5. The second kappa shape index (κ2) is 16.1. The van der Waals surface area contributed by atoms with Crippen LogP contribution in [0.2, 0.25) is 0 Å². The van der Waals surface area contributed by atoms with Gasteiger partial charge in [-0.15, -0.1) is 0 Å². The third-order valence-electron chi connectivity index (χ3n) is 7.24. The Balaban J connectivity index is 1.50. The monoisotopic (exact) mass is 594 g/mol. The molecule has 0 aliphatic carbocycles. The Morgan fingerprint density at radius 3 is 1.98 bits per heavy atom. The molecule has 9 heteroatoms. The van der Waals surface area contributed by atoms with E-state index in [0.29, 0.717) is 18.8 Å². The number of ether oxygens (including phenoxy) is 7. The number of esters is 1. The first-order valence-corrected chi connectivity index (χ1v) is 14.5. The molecule has 3 aromatic rings. The average Bonchev–Trinajstić information content (AvgIpc) is 3.40. The van der Waals surface area contributed by atoms with Crippen molar-refractivity contribution in [2.45, 2.75) is 70.1 Å². The van der Waals surface area contributed by atoms with Crippen LogP contribution in [-0.2, 0) is 46.4 Å². The van der Waals surface area contributed by atoms with Gasteiger partial charge in [-0.3, -0.25) is 0 Å². The lowest BCUT2D eigenvalue weighted by molar-refractivity contribution is -0.241. The molecule has 9 nitrogen and oxygen atoms in total. The van der Waals surface area contributed by atoms with Gasteiger partial charge in [0.15, 0.2) is 11.9 Å². The molecule has 43 heavy (non-hydrogen) atoms. The van der Waals surface area contributed by atoms with Crippen molar-refractivity contribution in [2.75, 3.05) is 26.8 Å². The van der Waals surface area contributed by atoms with E-state index in [1.54, 1.807) is 45.0 Å². The molecule has 0 radical (unpaired) electrons. The fraction of sp³-hybridized carbons (Fsp3) is 0.441. The van der Waals surface area contributed by atoms with Gasteiger partial charge >= 0.3 is 5.97 Å². The Morgan fingerprint density at radius 1 is 0.884 bits per heavy atom. The molecule has 1 aliphatic rings. The van der Waals surface area contributed by atoms with E-state index in [1.807, 2.05) is 66.7 Å². The molecule has 0 amide bonds. The van der Waals surface area contributed by atoms with Gasteiger partial charge in [0.05, 0.1) is 32.0 Å². The van der Waals surface area contributed by atoms with E-state index in [1.165, 1.54) is 0 Å². The summed E-state index contributed by atoms with van der Waals surface area (Å²) in [5.41, 5.74) is 0.590. The topological polar surface area (TPSA) is 102 Å². The number of hydrogen-bond acceptors (Lipinski definition) is 9. The highest BCUT2D eigenvalue weighted by molar-refractivity contribution is 5.89. The summed E-state index contributed by atoms with van der Waals surface area (Å²) in [6.07, 6.45) is -2.75. The van der Waals surface area contributed by atoms with Gasteiger partial charge in [-0.25, -0.2) is 4.79 Å². The Hall–Kier alpha value is -3.15. The number of carbonyl (C=O) groups excluding carboxylic acids is 1. The van der Waals surface area contributed by atoms with Crippen molar-refractivity contribution in [3.05, 3.63) is 108 Å². The van der Waals surface area contributed by atoms with E-state index >= 15 is 0 Å². The lowest BCUT2D eigenvalue weighted by Gasteiger charge is -2.42. The van der Waals surface area contributed by atoms with Gasteiger partial charge < -0.3 is 38.3 Å². The first-order valence-electron chi connectivity index (χ1n) is 14.5. The van der Waals surface area contributed by atoms with Crippen LogP contribution in [0.5, 0.6) is 0 Å². The third kappa shape index (κ3) is 9.67. The first-order chi connectivity index (χ1) is 20.8. The van der Waals surface area contributed by atoms with Gasteiger partial charge in [-0.2, -0.15) is 0 Å². The van der Waals surface area contributed by atoms with Gasteiger partial charge in [0.25, 0.3) is 0 Å². The minimum absolute atomic E-state index is 0.0377. The van der Waals surface area contributed by atoms with Crippen LogP contribution in [0.1, 0.15) is 48.7 Å². The van der Waals surface area contributed by atoms with Gasteiger partial charge in [-0.05, 0) is 43.5 Å². The molecular formula is C34H42O9. The van der Waals surface area contributed by atoms with Gasteiger partial charge in [-0.1, -0.05) is 85.8 Å². The molecule has 3 aromatic carbocycles. The molecule has 1 N–H and O–H groups in total. The van der Waals surface area contributed by atoms with Crippen molar-refractivity contribution in [1.29, 1.82) is 0 Å². The number of aliphatic hydroxyl groups is 1. The maximum Gasteiger partial charge on any atom is 0.338 e. The third-order valence-corrected chi connectivity index (χ3v) is 7.24. The van der Waals surface area contributed by atoms with Crippen LogP contribution in [0.15, 0.2) is 91.0 Å². The SMILES string of the molecule is CC[C@](O)([C@H](OC(=O)c1ccccc1)[C@H]1COC(C)(C)O1)[C@@H](COCOCc1ccccc1)OCOCc1ccccc1. The normalized spacial score (nSPS) is 18.9. The van der Waals surface area contributed by atoms with Crippen LogP contribution < -0.4 is 0 Å². The molecule has 0 aromatic heterocycles. The zero-order valence-corrected chi connectivity index (χ0v) is 25.1. The Morgan fingerprint density at radius 2 is 1.44 bits per heavy atom. The first kappa shape index (κ1) is 32.8. The molecule has 1 fully saturated rings. The highest BCUT2D eigenvalue weighted by atomic mass is 16.8. The molecular weight excluding hydrogens is 552 g/mol. The second-order valence-corrected chi connectivity index (χ2v) is 10.8. The molecule has 0 bridgehead atoms. The lowest BCUT2D eigenvalue weighted by Crippen LogP contribution is -2.61. The van der Waals surface area contributed by atoms with Crippen molar-refractivity contribution < 1.29 is 43.1 Å². The maximum atomic E-state index is 13.3. The number of rotatable bonds is 17. The van der Waals surface area contributed by atoms with E-state index in [-0.39, 0.29) is 33.2 Å². The van der Waals surface area contributed by atoms with E-state index in [0.717, 1.165) is 11.1 Å². The minimum atomic E-state index is -1.74. The molecule has 1 heterocycles. The lowest BCUT2D eigenvalue weighted by atomic mass is 9.84. The number of benzene rings is 3. The summed E-state index contributed by atoms with van der Waals surface area (Å²) in [4.78, 5) is 13.3. The molecule has 1 saturated heterocycles. The predicted molar refractivity (Wildman–Crippen MR) is 159 cm³/mol. The van der Waals surface area contributed by atoms with Crippen molar-refractivity contribution in [2.24, 2.45) is 0 Å². The van der Waals surface area contributed by atoms with Crippen LogP contribution >= 0.6 is 0 Å². The number of hydrogen-bond donors (Lipinski definition) is 1. The highest BCUT2D eigenvalue weighted by Gasteiger charge is 2.53. The van der Waals surface area contributed by atoms with Crippen LogP contribution in [0.4, 0.5) is 0 Å². The summed E-state index contributed by atoms with van der Waals surface area (Å²) < 4.78 is 41.4. The number of carbonyl (C=O) groups is 1. The summed E-state index contributed by atoms with van der Waals surface area (Å²) in [6, 6.07) is 28.0. The molecule has 1 aliphatic heterocycles. The Kier molecular flexibility index (Phi) is 12.2. The Labute approximate surface area is 253 Å². The van der Waals surface area contributed by atoms with E-state index in [2.05, 4.69) is 0 Å². The smallest absolute Gasteiger partial charge is 0.338 e. The quantitative estimate of drug-likeness (QED) is 0.127. The molecule has 0 unspecified atom stereocenters. The van der Waals surface area contributed by atoms with Gasteiger partial charge in [0.2, 0.25) is 0 Å². The van der Waals surface area contributed by atoms with E-state index < -0.39 is 35.7 Å². The van der Waals surface area contributed by atoms with E-state index in [4.69, 9.17) is 33.2 Å². The fourth-order valence-corrected chi connectivity index (χ4v) is 4.88. The summed E-state index contributed by atoms with van der Waals surface area (Å²) in [6.45, 7) is 5.89. The van der Waals surface area contributed by atoms with Gasteiger partial charge in [0, 0.05) is 0 Å². The summed E-state index contributed by atoms with van der Waals surface area (Å²) in [5.74, 6) is -1.52. The van der Waals surface area contributed by atoms with Crippen LogP contribution in [-0.4, -0.2) is 67.6 Å². The predicted octanol–water partition coefficient (Wildman–Crippen LogP) is 5.26. The van der Waals surface area contributed by atoms with Crippen LogP contribution in [0, 0.1) is 0 Å². The standard InChI is InChI=1S/C34H42O9/c1-4-34(36,31(29-22-41-33(2,3)43-29)42-32(35)28-18-12-7-13-19-28)30(40-25-38-21-27-16-10-6-11-17-27)23-39-24-37-20-26-14-8-5-9-15-26/h5-19,29-31,36H,4,20-25H2,1-3H3/t29-,30-,31-,34-/m1/s1. The molecule has 232 valence electrons. The summed E-state index contributed by atoms with van der Waals surface area (Å²) in [7, 11) is 0. The van der Waals surface area contributed by atoms with Gasteiger partial charge in [0.1, 0.15) is 31.4 Å². The molecule has 4 atom stereocenters. The van der Waals surface area contributed by atoms with E-state index in [9.17, 15) is 9.90 Å². The zero-order valence-electron chi connectivity index (χ0n) is 25.1. The second-order valence-electron chi connectivity index (χ2n) is 10.8. The van der Waals surface area contributed by atoms with Crippen LogP contribution in [0.3, 0.4) is 0 Å². The summed E-state index contributed by atoms with van der Waals surface area (Å²) in [5, 5.41) is 12.3. The van der Waals surface area contributed by atoms with Crippen molar-refractivity contribution in [1.82, 2.24) is 0 Å². The molecule has 0 saturated carbocycles. The van der Waals surface area contributed by atoms with Crippen molar-refractivity contribution >= 4 is 5.97 Å². The maximum absolute atomic E-state index is 13.3. The molecule has 4 rings (SSSR count). The van der Waals surface area contributed by atoms with Crippen molar-refractivity contribution in [3.63, 3.8) is 0 Å². The fourth-order valence-electron chi connectivity index (χ4n) is 4.88.